The molecule has 0 aliphatic carbocycles. The van der Waals surface area contributed by atoms with E-state index in [1.54, 1.807) is 0 Å². The normalized spacial score (nSPS) is 10.2. The van der Waals surface area contributed by atoms with Crippen molar-refractivity contribution in [1.82, 2.24) is 0 Å². The summed E-state index contributed by atoms with van der Waals surface area (Å²) in [5.41, 5.74) is 1.86. The molecule has 0 heterocycles. The molecular formula is C16H22O3. The van der Waals surface area contributed by atoms with Crippen molar-refractivity contribution >= 4 is 12.3 Å². The van der Waals surface area contributed by atoms with Gasteiger partial charge in [0.15, 0.2) is 0 Å². The maximum absolute atomic E-state index is 11.3. The monoisotopic (exact) mass is 262 g/mol. The molecule has 3 nitrogen and oxygen atoms in total. The highest BCUT2D eigenvalue weighted by molar-refractivity contribution is 5.77. The number of aldehydes is 1. The number of aryl methyl sites for hydroxylation is 1. The Morgan fingerprint density at radius 1 is 1.21 bits per heavy atom. The smallest absolute Gasteiger partial charge is 0.305 e. The zero-order chi connectivity index (χ0) is 13.9. The van der Waals surface area contributed by atoms with Crippen molar-refractivity contribution in [3.05, 3.63) is 35.4 Å². The molecule has 0 saturated heterocycles. The molecule has 0 radical (unpaired) electrons. The van der Waals surface area contributed by atoms with Gasteiger partial charge in [-0.3, -0.25) is 9.59 Å². The molecule has 0 atom stereocenters. The second-order valence-corrected chi connectivity index (χ2v) is 4.60. The Hall–Kier alpha value is -1.64. The fourth-order valence-electron chi connectivity index (χ4n) is 1.93. The molecule has 0 bridgehead atoms. The predicted molar refractivity (Wildman–Crippen MR) is 75.3 cm³/mol. The minimum atomic E-state index is -0.102. The first-order chi connectivity index (χ1) is 9.27. The maximum Gasteiger partial charge on any atom is 0.305 e. The van der Waals surface area contributed by atoms with E-state index in [1.165, 1.54) is 0 Å². The number of benzene rings is 1. The zero-order valence-electron chi connectivity index (χ0n) is 11.6. The van der Waals surface area contributed by atoms with E-state index in [0.29, 0.717) is 13.0 Å². The lowest BCUT2D eigenvalue weighted by molar-refractivity contribution is -0.143. The zero-order valence-corrected chi connectivity index (χ0v) is 11.6. The molecule has 0 N–H and O–H groups in total. The Bertz CT molecular complexity index is 399. The highest BCUT2D eigenvalue weighted by Crippen LogP contribution is 2.12. The number of carbonyl (C=O) groups is 2. The van der Waals surface area contributed by atoms with Crippen LogP contribution in [0.3, 0.4) is 0 Å². The maximum atomic E-state index is 11.3. The first-order valence-electron chi connectivity index (χ1n) is 6.96. The van der Waals surface area contributed by atoms with Crippen LogP contribution in [-0.4, -0.2) is 18.9 Å². The van der Waals surface area contributed by atoms with Crippen LogP contribution < -0.4 is 0 Å². The van der Waals surface area contributed by atoms with Gasteiger partial charge in [0.1, 0.15) is 6.29 Å². The number of hydrogen-bond acceptors (Lipinski definition) is 3. The molecule has 0 saturated carbocycles. The molecule has 0 amide bonds. The van der Waals surface area contributed by atoms with Crippen molar-refractivity contribution in [2.45, 2.75) is 45.4 Å². The fraction of sp³-hybridized carbons (Fsp3) is 0.500. The number of ether oxygens (including phenoxy) is 1. The molecule has 1 aromatic rings. The lowest BCUT2D eigenvalue weighted by Gasteiger charge is -2.05. The van der Waals surface area contributed by atoms with E-state index in [9.17, 15) is 9.59 Å². The predicted octanol–water partition coefficient (Wildman–Crippen LogP) is 3.56. The summed E-state index contributed by atoms with van der Waals surface area (Å²) in [6.45, 7) is 2.50. The second kappa shape index (κ2) is 9.31. The molecule has 0 aromatic heterocycles. The Balaban J connectivity index is 2.17. The van der Waals surface area contributed by atoms with E-state index in [-0.39, 0.29) is 5.97 Å². The molecule has 0 aliphatic heterocycles. The summed E-state index contributed by atoms with van der Waals surface area (Å²) in [5.74, 6) is -0.102. The van der Waals surface area contributed by atoms with Crippen LogP contribution in [0, 0.1) is 0 Å². The van der Waals surface area contributed by atoms with Crippen LogP contribution in [0.2, 0.25) is 0 Å². The van der Waals surface area contributed by atoms with Crippen LogP contribution in [0.5, 0.6) is 0 Å². The Kier molecular flexibility index (Phi) is 7.56. The second-order valence-electron chi connectivity index (χ2n) is 4.60. The van der Waals surface area contributed by atoms with Gasteiger partial charge >= 0.3 is 5.97 Å². The summed E-state index contributed by atoms with van der Waals surface area (Å²) in [7, 11) is 0. The third-order valence-corrected chi connectivity index (χ3v) is 2.98. The van der Waals surface area contributed by atoms with Gasteiger partial charge in [0.25, 0.3) is 0 Å². The van der Waals surface area contributed by atoms with Gasteiger partial charge in [-0.25, -0.2) is 0 Å². The number of esters is 1. The third-order valence-electron chi connectivity index (χ3n) is 2.98. The van der Waals surface area contributed by atoms with Gasteiger partial charge in [0.2, 0.25) is 0 Å². The van der Waals surface area contributed by atoms with Crippen LogP contribution in [0.1, 0.15) is 54.9 Å². The molecule has 3 heteroatoms. The minimum Gasteiger partial charge on any atom is -0.466 e. The van der Waals surface area contributed by atoms with Gasteiger partial charge in [-0.05, 0) is 31.2 Å². The largest absolute Gasteiger partial charge is 0.466 e. The van der Waals surface area contributed by atoms with Crippen LogP contribution in [0.15, 0.2) is 24.3 Å². The van der Waals surface area contributed by atoms with Gasteiger partial charge in [-0.15, -0.1) is 0 Å². The summed E-state index contributed by atoms with van der Waals surface area (Å²) in [5, 5.41) is 0. The van der Waals surface area contributed by atoms with Crippen molar-refractivity contribution in [2.24, 2.45) is 0 Å². The van der Waals surface area contributed by atoms with E-state index < -0.39 is 0 Å². The average molecular weight is 262 g/mol. The number of rotatable bonds is 9. The van der Waals surface area contributed by atoms with Gasteiger partial charge in [-0.2, -0.15) is 0 Å². The first-order valence-corrected chi connectivity index (χ1v) is 6.96. The van der Waals surface area contributed by atoms with Gasteiger partial charge < -0.3 is 4.74 Å². The highest BCUT2D eigenvalue weighted by Gasteiger charge is 2.03. The number of hydrogen-bond donors (Lipinski definition) is 0. The van der Waals surface area contributed by atoms with Crippen LogP contribution in [-0.2, 0) is 16.0 Å². The van der Waals surface area contributed by atoms with Crippen LogP contribution in [0.4, 0.5) is 0 Å². The van der Waals surface area contributed by atoms with E-state index in [2.05, 4.69) is 0 Å². The Morgan fingerprint density at radius 2 is 2.00 bits per heavy atom. The standard InChI is InChI=1S/C16H22O3/c1-2-12-19-16(18)11-5-3-4-8-14-9-6-7-10-15(14)13-17/h6-7,9-10,13H,2-5,8,11-12H2,1H3. The summed E-state index contributed by atoms with van der Waals surface area (Å²) in [4.78, 5) is 22.1. The molecule has 19 heavy (non-hydrogen) atoms. The van der Waals surface area contributed by atoms with Crippen LogP contribution >= 0.6 is 0 Å². The average Bonchev–Trinajstić information content (AvgIpc) is 2.45. The topological polar surface area (TPSA) is 43.4 Å². The van der Waals surface area contributed by atoms with Gasteiger partial charge in [0.05, 0.1) is 6.61 Å². The van der Waals surface area contributed by atoms with E-state index in [4.69, 9.17) is 4.74 Å². The molecule has 104 valence electrons. The number of carbonyl (C=O) groups excluding carboxylic acids is 2. The third kappa shape index (κ3) is 6.18. The summed E-state index contributed by atoms with van der Waals surface area (Å²) >= 11 is 0. The summed E-state index contributed by atoms with van der Waals surface area (Å²) in [6.07, 6.45) is 5.98. The van der Waals surface area contributed by atoms with Crippen molar-refractivity contribution in [3.8, 4) is 0 Å². The lowest BCUT2D eigenvalue weighted by atomic mass is 10.0. The van der Waals surface area contributed by atoms with E-state index in [0.717, 1.165) is 49.5 Å². The van der Waals surface area contributed by atoms with E-state index >= 15 is 0 Å². The van der Waals surface area contributed by atoms with Crippen molar-refractivity contribution in [3.63, 3.8) is 0 Å². The molecule has 0 fully saturated rings. The highest BCUT2D eigenvalue weighted by atomic mass is 16.5. The molecule has 1 rings (SSSR count). The Morgan fingerprint density at radius 3 is 2.74 bits per heavy atom. The fourth-order valence-corrected chi connectivity index (χ4v) is 1.93. The molecule has 1 aromatic carbocycles. The SMILES string of the molecule is CCCOC(=O)CCCCCc1ccccc1C=O. The van der Waals surface area contributed by atoms with Crippen molar-refractivity contribution < 1.29 is 14.3 Å². The summed E-state index contributed by atoms with van der Waals surface area (Å²) in [6, 6.07) is 7.64. The van der Waals surface area contributed by atoms with Crippen molar-refractivity contribution in [2.75, 3.05) is 6.61 Å². The number of unbranched alkanes of at least 4 members (excludes halogenated alkanes) is 2. The molecule has 0 aliphatic rings. The molecular weight excluding hydrogens is 240 g/mol. The Labute approximate surface area is 115 Å². The minimum absolute atomic E-state index is 0.102. The summed E-state index contributed by atoms with van der Waals surface area (Å²) < 4.78 is 5.01. The molecule has 0 unspecified atom stereocenters. The van der Waals surface area contributed by atoms with E-state index in [1.807, 2.05) is 31.2 Å². The lowest BCUT2D eigenvalue weighted by Crippen LogP contribution is -2.04. The van der Waals surface area contributed by atoms with Gasteiger partial charge in [0, 0.05) is 12.0 Å². The van der Waals surface area contributed by atoms with Crippen molar-refractivity contribution in [1.29, 1.82) is 0 Å². The van der Waals surface area contributed by atoms with Gasteiger partial charge in [-0.1, -0.05) is 37.6 Å². The first kappa shape index (κ1) is 15.4. The quantitative estimate of drug-likeness (QED) is 0.388. The van der Waals surface area contributed by atoms with Crippen LogP contribution in [0.25, 0.3) is 0 Å². The molecule has 0 spiro atoms.